The summed E-state index contributed by atoms with van der Waals surface area (Å²) in [5.41, 5.74) is 2.05. The van der Waals surface area contributed by atoms with E-state index in [2.05, 4.69) is 51.1 Å². The predicted molar refractivity (Wildman–Crippen MR) is 291 cm³/mol. The van der Waals surface area contributed by atoms with Crippen LogP contribution in [-0.4, -0.2) is 133 Å². The van der Waals surface area contributed by atoms with Crippen LogP contribution < -0.4 is 31.9 Å². The fourth-order valence-electron chi connectivity index (χ4n) is 10.6. The lowest BCUT2D eigenvalue weighted by molar-refractivity contribution is -0.148. The largest absolute Gasteiger partial charge is 0.347 e. The molecule has 9 atom stereocenters. The Labute approximate surface area is 444 Å². The Morgan fingerprint density at radius 3 is 1.87 bits per heavy atom. The summed E-state index contributed by atoms with van der Waals surface area (Å²) >= 11 is 0. The second-order valence-electron chi connectivity index (χ2n) is 23.9. The molecular formula is C57H82FN9O7Si. The molecule has 1 aliphatic carbocycles. The average molecular weight is 1050 g/mol. The number of fused-ring (bicyclic) bond motifs is 1. The third-order valence-corrected chi connectivity index (χ3v) is 18.0. The van der Waals surface area contributed by atoms with Crippen molar-refractivity contribution in [3.8, 4) is 0 Å². The molecule has 6 N–H and O–H groups in total. The first-order chi connectivity index (χ1) is 35.1. The Hall–Kier alpha value is -5.98. The minimum atomic E-state index is -2.18. The molecule has 0 spiro atoms. The van der Waals surface area contributed by atoms with Crippen LogP contribution in [0.5, 0.6) is 0 Å². The van der Waals surface area contributed by atoms with Crippen LogP contribution in [0.25, 0.3) is 0 Å². The Bertz CT molecular complexity index is 2580. The van der Waals surface area contributed by atoms with Gasteiger partial charge in [0, 0.05) is 36.4 Å². The third kappa shape index (κ3) is 13.9. The average Bonchev–Trinajstić information content (AvgIpc) is 3.94. The highest BCUT2D eigenvalue weighted by molar-refractivity contribution is 6.79. The van der Waals surface area contributed by atoms with Crippen molar-refractivity contribution in [1.29, 1.82) is 0 Å². The standard InChI is InChI=1S/C57H82FN9O7Si/c1-34(59-10)49(68)63-47(56(4,5)6)54(73)66-31-40(29-45(66)52(71)62-44-24-18-20-38-19-14-15-22-42(38)44)61-51(70)39-27-25-37(26-28-39)30-65(36(3)41-21-16-17-23-43(41)58)53(72)46-32-75(12,13)33-67(46)55(74)48(57(7,8)9)64-50(69)35(2)60-11/h14-17,19,21-23,25-28,34-36,40,44-48,59-60H,18,20,24,29-33H2,1-13H3,(H,61,70)(H,62,71)(H,63,68)(H,64,69)/t34?,35?,36-,40+,44-,45+,46?,47?,48?/m1/s1. The number of nitrogens with zero attached hydrogens (tertiary/aromatic N) is 3. The molecule has 0 radical (unpaired) electrons. The zero-order valence-electron chi connectivity index (χ0n) is 46.4. The molecule has 5 unspecified atom stereocenters. The first kappa shape index (κ1) is 58.3. The van der Waals surface area contributed by atoms with Gasteiger partial charge in [-0.15, -0.1) is 0 Å². The molecule has 75 heavy (non-hydrogen) atoms. The fraction of sp³-hybridized carbons (Fsp3) is 0.561. The number of carbonyl (C=O) groups excluding carboxylic acids is 7. The van der Waals surface area contributed by atoms with Crippen LogP contribution >= 0.6 is 0 Å². The van der Waals surface area contributed by atoms with Crippen LogP contribution in [0.2, 0.25) is 19.1 Å². The Morgan fingerprint density at radius 1 is 0.733 bits per heavy atom. The summed E-state index contributed by atoms with van der Waals surface area (Å²) in [6, 6.07) is 15.1. The fourth-order valence-corrected chi connectivity index (χ4v) is 13.4. The van der Waals surface area contributed by atoms with Crippen LogP contribution in [0.4, 0.5) is 4.39 Å². The number of amides is 7. The second kappa shape index (κ2) is 23.9. The van der Waals surface area contributed by atoms with E-state index in [1.807, 2.05) is 59.7 Å². The second-order valence-corrected chi connectivity index (χ2v) is 29.0. The molecule has 16 nitrogen and oxygen atoms in total. The molecule has 2 aliphatic heterocycles. The maximum Gasteiger partial charge on any atom is 0.251 e. The minimum Gasteiger partial charge on any atom is -0.347 e. The number of halogens is 1. The minimum absolute atomic E-state index is 0.0231. The van der Waals surface area contributed by atoms with Gasteiger partial charge in [-0.3, -0.25) is 33.6 Å². The van der Waals surface area contributed by atoms with Gasteiger partial charge in [-0.1, -0.05) is 109 Å². The highest BCUT2D eigenvalue weighted by Crippen LogP contribution is 2.36. The van der Waals surface area contributed by atoms with Gasteiger partial charge in [0.2, 0.25) is 35.4 Å². The molecule has 3 aromatic rings. The van der Waals surface area contributed by atoms with E-state index in [0.717, 1.165) is 24.8 Å². The molecule has 3 aliphatic rings. The monoisotopic (exact) mass is 1050 g/mol. The SMILES string of the molecule is CNC(C)C(=O)NC(C(=O)N1C[Si](C)(C)CC1C(=O)N(Cc1ccc(C(=O)N[C@H]2C[C@@H](C(=O)N[C@@H]3CCCc4ccccc43)N(C(=O)C(NC(=O)C(C)NC)C(C)(C)C)C2)cc1)[C@H](C)c1ccccc1F)C(C)(C)C. The van der Waals surface area contributed by atoms with E-state index in [4.69, 9.17) is 0 Å². The summed E-state index contributed by atoms with van der Waals surface area (Å²) in [4.78, 5) is 104. The van der Waals surface area contributed by atoms with Crippen LogP contribution in [-0.2, 0) is 41.7 Å². The Kier molecular flexibility index (Phi) is 18.6. The Balaban J connectivity index is 1.25. The van der Waals surface area contributed by atoms with E-state index >= 15 is 9.18 Å². The molecule has 2 fully saturated rings. The summed E-state index contributed by atoms with van der Waals surface area (Å²) in [6.07, 6.45) is 3.08. The van der Waals surface area contributed by atoms with E-state index in [-0.39, 0.29) is 55.1 Å². The molecule has 0 aromatic heterocycles. The third-order valence-electron chi connectivity index (χ3n) is 15.3. The van der Waals surface area contributed by atoms with Crippen molar-refractivity contribution >= 4 is 49.4 Å². The summed E-state index contributed by atoms with van der Waals surface area (Å²) in [6.45, 7) is 20.7. The highest BCUT2D eigenvalue weighted by Gasteiger charge is 2.50. The number of aryl methyl sites for hydroxylation is 1. The summed E-state index contributed by atoms with van der Waals surface area (Å²) < 4.78 is 15.6. The zero-order chi connectivity index (χ0) is 55.3. The van der Waals surface area contributed by atoms with Crippen molar-refractivity contribution in [2.24, 2.45) is 10.8 Å². The van der Waals surface area contributed by atoms with Crippen LogP contribution in [0.15, 0.2) is 72.8 Å². The molecule has 3 aromatic carbocycles. The number of benzene rings is 3. The summed E-state index contributed by atoms with van der Waals surface area (Å²) in [5, 5.41) is 18.0. The Morgan fingerprint density at radius 2 is 1.29 bits per heavy atom. The van der Waals surface area contributed by atoms with Crippen molar-refractivity contribution in [3.05, 3.63) is 106 Å². The highest BCUT2D eigenvalue weighted by atomic mass is 28.3. The van der Waals surface area contributed by atoms with Crippen molar-refractivity contribution < 1.29 is 38.0 Å². The van der Waals surface area contributed by atoms with Gasteiger partial charge in [0.15, 0.2) is 0 Å². The lowest BCUT2D eigenvalue weighted by Gasteiger charge is -2.38. The van der Waals surface area contributed by atoms with Gasteiger partial charge in [0.25, 0.3) is 5.91 Å². The molecule has 2 saturated heterocycles. The first-order valence-electron chi connectivity index (χ1n) is 26.5. The number of likely N-dealkylation sites (N-methyl/N-ethyl adjacent to an activating group) is 2. The normalized spacial score (nSPS) is 21.4. The number of rotatable bonds is 17. The smallest absolute Gasteiger partial charge is 0.251 e. The van der Waals surface area contributed by atoms with E-state index in [0.29, 0.717) is 28.9 Å². The molecule has 0 bridgehead atoms. The topological polar surface area (TPSA) is 201 Å². The van der Waals surface area contributed by atoms with E-state index in [9.17, 15) is 28.8 Å². The molecule has 408 valence electrons. The predicted octanol–water partition coefficient (Wildman–Crippen LogP) is 5.54. The molecule has 6 rings (SSSR count). The molecular weight excluding hydrogens is 970 g/mol. The summed E-state index contributed by atoms with van der Waals surface area (Å²) in [5.74, 6) is -3.08. The molecule has 18 heteroatoms. The summed E-state index contributed by atoms with van der Waals surface area (Å²) in [7, 11) is 1.14. The number of hydrogen-bond acceptors (Lipinski definition) is 9. The van der Waals surface area contributed by atoms with E-state index in [1.165, 1.54) is 16.5 Å². The van der Waals surface area contributed by atoms with Gasteiger partial charge >= 0.3 is 0 Å². The van der Waals surface area contributed by atoms with Gasteiger partial charge < -0.3 is 46.6 Å². The number of carbonyl (C=O) groups is 7. The van der Waals surface area contributed by atoms with Crippen molar-refractivity contribution in [1.82, 2.24) is 46.6 Å². The lowest BCUT2D eigenvalue weighted by Crippen LogP contribution is -2.60. The first-order valence-corrected chi connectivity index (χ1v) is 30.0. The van der Waals surface area contributed by atoms with Gasteiger partial charge in [0.05, 0.1) is 32.2 Å². The van der Waals surface area contributed by atoms with Crippen molar-refractivity contribution in [3.63, 3.8) is 0 Å². The number of hydrogen-bond donors (Lipinski definition) is 6. The zero-order valence-corrected chi connectivity index (χ0v) is 47.4. The number of nitrogens with one attached hydrogen (secondary N) is 6. The van der Waals surface area contributed by atoms with Crippen molar-refractivity contribution in [2.75, 3.05) is 26.8 Å². The van der Waals surface area contributed by atoms with Crippen molar-refractivity contribution in [2.45, 2.75) is 168 Å². The number of likely N-dealkylation sites (tertiary alicyclic amines) is 1. The van der Waals surface area contributed by atoms with Gasteiger partial charge in [-0.05, 0) is 112 Å². The van der Waals surface area contributed by atoms with E-state index < -0.39 is 84.9 Å². The van der Waals surface area contributed by atoms with E-state index in [1.54, 1.807) is 87.1 Å². The van der Waals surface area contributed by atoms with Gasteiger partial charge in [0.1, 0.15) is 30.0 Å². The molecule has 0 saturated carbocycles. The maximum absolute atomic E-state index is 15.6. The molecule has 2 heterocycles. The van der Waals surface area contributed by atoms with Crippen LogP contribution in [0, 0.1) is 16.6 Å². The quantitative estimate of drug-likeness (QED) is 0.0940. The van der Waals surface area contributed by atoms with Crippen LogP contribution in [0.3, 0.4) is 0 Å². The lowest BCUT2D eigenvalue weighted by atomic mass is 9.85. The van der Waals surface area contributed by atoms with Crippen LogP contribution in [0.1, 0.15) is 126 Å². The maximum atomic E-state index is 15.6. The van der Waals surface area contributed by atoms with Gasteiger partial charge in [-0.25, -0.2) is 4.39 Å². The molecule has 7 amide bonds. The van der Waals surface area contributed by atoms with Gasteiger partial charge in [-0.2, -0.15) is 0 Å².